The lowest BCUT2D eigenvalue weighted by Gasteiger charge is -2.11. The fraction of sp³-hybridized carbons (Fsp3) is 0.188. The molecule has 9 aromatic rings. The lowest BCUT2D eigenvalue weighted by Crippen LogP contribution is -2.23. The van der Waals surface area contributed by atoms with Crippen LogP contribution in [0.15, 0.2) is 138 Å². The van der Waals surface area contributed by atoms with E-state index in [-0.39, 0.29) is 113 Å². The molecule has 6 aromatic carbocycles. The number of ether oxygens (including phenoxy) is 6. The van der Waals surface area contributed by atoms with E-state index in [0.29, 0.717) is 21.7 Å². The van der Waals surface area contributed by atoms with E-state index in [2.05, 4.69) is 47.2 Å². The summed E-state index contributed by atoms with van der Waals surface area (Å²) in [5, 5.41) is 29.8. The summed E-state index contributed by atoms with van der Waals surface area (Å²) >= 11 is 3.23. The molecule has 3 aromatic heterocycles. The van der Waals surface area contributed by atoms with Gasteiger partial charge in [-0.25, -0.2) is 41.6 Å². The Hall–Kier alpha value is -11.7. The van der Waals surface area contributed by atoms with Crippen molar-refractivity contribution in [1.29, 1.82) is 5.26 Å². The van der Waals surface area contributed by atoms with Crippen LogP contribution >= 0.6 is 15.9 Å². The molecule has 482 valence electrons. The average molecular weight is 1340 g/mol. The summed E-state index contributed by atoms with van der Waals surface area (Å²) in [5.41, 5.74) is 22.4. The highest BCUT2D eigenvalue weighted by molar-refractivity contribution is 9.10. The minimum atomic E-state index is -0.695. The summed E-state index contributed by atoms with van der Waals surface area (Å²) in [6, 6.07) is 33.7. The van der Waals surface area contributed by atoms with E-state index in [0.717, 1.165) is 34.9 Å². The Bertz CT molecular complexity index is 4230. The van der Waals surface area contributed by atoms with E-state index in [4.69, 9.17) is 45.6 Å². The van der Waals surface area contributed by atoms with E-state index >= 15 is 0 Å². The highest BCUT2D eigenvalue weighted by atomic mass is 79.9. The van der Waals surface area contributed by atoms with Crippen LogP contribution in [0.4, 0.5) is 30.2 Å². The summed E-state index contributed by atoms with van der Waals surface area (Å²) in [7, 11) is 4.22. The molecule has 0 bridgehead atoms. The van der Waals surface area contributed by atoms with E-state index < -0.39 is 53.1 Å². The number of hydrogen-bond donors (Lipinski definition) is 6. The minimum Gasteiger partial charge on any atom is -0.496 e. The van der Waals surface area contributed by atoms with Crippen molar-refractivity contribution >= 4 is 68.6 Å². The van der Waals surface area contributed by atoms with Crippen molar-refractivity contribution in [2.75, 3.05) is 58.4 Å². The maximum Gasteiger partial charge on any atom is 0.359 e. The van der Waals surface area contributed by atoms with Crippen LogP contribution in [0.2, 0.25) is 0 Å². The molecule has 0 aliphatic heterocycles. The Morgan fingerprint density at radius 1 is 0.495 bits per heavy atom. The number of nitrogen functional groups attached to an aromatic ring is 3. The number of methoxy groups -OCH3 is 3. The molecule has 0 aliphatic rings. The van der Waals surface area contributed by atoms with Gasteiger partial charge in [-0.15, -0.1) is 0 Å². The Balaban J connectivity index is 0.000000198. The smallest absolute Gasteiger partial charge is 0.359 e. The van der Waals surface area contributed by atoms with Gasteiger partial charge in [-0.3, -0.25) is 14.4 Å². The number of nitrogens with one attached hydrogen (secondary N) is 3. The third kappa shape index (κ3) is 17.0. The van der Waals surface area contributed by atoms with Crippen molar-refractivity contribution in [3.05, 3.63) is 212 Å². The van der Waals surface area contributed by atoms with Gasteiger partial charge in [0.1, 0.15) is 52.1 Å². The van der Waals surface area contributed by atoms with Crippen molar-refractivity contribution < 1.29 is 70.4 Å². The molecule has 0 spiro atoms. The molecule has 9 N–H and O–H groups in total. The first kappa shape index (κ1) is 68.8. The highest BCUT2D eigenvalue weighted by Crippen LogP contribution is 2.28. The second-order valence-corrected chi connectivity index (χ2v) is 20.0. The second kappa shape index (κ2) is 32.2. The Kier molecular flexibility index (Phi) is 23.8. The predicted molar refractivity (Wildman–Crippen MR) is 337 cm³/mol. The van der Waals surface area contributed by atoms with E-state index in [1.165, 1.54) is 78.0 Å². The molecule has 9 rings (SSSR count). The monoisotopic (exact) mass is 1340 g/mol. The molecule has 0 radical (unpaired) electrons. The minimum absolute atomic E-state index is 0.0392. The highest BCUT2D eigenvalue weighted by Gasteiger charge is 2.26. The summed E-state index contributed by atoms with van der Waals surface area (Å²) in [4.78, 5) is 73.9. The van der Waals surface area contributed by atoms with Crippen LogP contribution in [0.25, 0.3) is 17.1 Å². The van der Waals surface area contributed by atoms with Gasteiger partial charge in [0, 0.05) is 19.6 Å². The van der Waals surface area contributed by atoms with Gasteiger partial charge in [0.2, 0.25) is 0 Å². The van der Waals surface area contributed by atoms with Gasteiger partial charge < -0.3 is 61.6 Å². The number of hydrogen-bond acceptors (Lipinski definition) is 19. The maximum atomic E-state index is 13.5. The number of esters is 3. The molecule has 0 aliphatic carbocycles. The van der Waals surface area contributed by atoms with Crippen LogP contribution in [-0.2, 0) is 33.8 Å². The number of nitrogens with zero attached hydrogens (tertiary/aromatic N) is 7. The van der Waals surface area contributed by atoms with E-state index in [1.807, 2.05) is 6.07 Å². The normalized spacial score (nSPS) is 10.5. The molecular formula is C64H61BrF3N13O12. The topological polar surface area (TPSA) is 349 Å². The fourth-order valence-electron chi connectivity index (χ4n) is 8.71. The van der Waals surface area contributed by atoms with Crippen LogP contribution in [0, 0.1) is 28.8 Å². The zero-order valence-corrected chi connectivity index (χ0v) is 52.3. The van der Waals surface area contributed by atoms with Crippen LogP contribution in [0.3, 0.4) is 0 Å². The van der Waals surface area contributed by atoms with Gasteiger partial charge in [-0.1, -0.05) is 36.4 Å². The standard InChI is InChI=1S/C22H20FN5O4.C21H20BrFN4O4.C21H21FN4O4/c1-3-32-22(30)20-19(25)17(11-24)27-28(20)15-7-4-13(5-8-15)12-26-21(29)16-10-14(23)6-9-18(16)31-2;1-3-31-21(29)18-17(24)19(22)26-27(18)14-7-4-12(5-8-14)11-25-20(28)15-10-13(23)6-9-16(15)30-2;1-3-30-21(28)19-17(23)12-25-26(19)15-7-4-13(5-8-15)11-24-20(27)16-10-14(22)6-9-18(16)29-2/h4-10H,3,12,25H2,1-2H3,(H,26,29);4-10H,3,11,24H2,1-2H3,(H,25,28);4-10,12H,3,11,23H2,1-2H3,(H,24,27). The molecule has 3 heterocycles. The Morgan fingerprint density at radius 3 is 1.17 bits per heavy atom. The number of aromatic nitrogens is 6. The zero-order chi connectivity index (χ0) is 67.5. The molecule has 0 unspecified atom stereocenters. The van der Waals surface area contributed by atoms with Crippen LogP contribution in [0.5, 0.6) is 17.2 Å². The molecule has 0 saturated carbocycles. The molecule has 0 saturated heterocycles. The number of halogens is 4. The van der Waals surface area contributed by atoms with Crippen molar-refractivity contribution in [2.45, 2.75) is 40.4 Å². The summed E-state index contributed by atoms with van der Waals surface area (Å²) < 4.78 is 75.2. The van der Waals surface area contributed by atoms with Crippen LogP contribution in [-0.4, -0.2) is 106 Å². The van der Waals surface area contributed by atoms with Gasteiger partial charge >= 0.3 is 17.9 Å². The molecule has 25 nitrogen and oxygen atoms in total. The van der Waals surface area contributed by atoms with Gasteiger partial charge in [0.05, 0.1) is 86.8 Å². The summed E-state index contributed by atoms with van der Waals surface area (Å²) in [6.07, 6.45) is 1.38. The first-order chi connectivity index (χ1) is 44.7. The third-order valence-corrected chi connectivity index (χ3v) is 13.8. The first-order valence-electron chi connectivity index (χ1n) is 28.0. The summed E-state index contributed by atoms with van der Waals surface area (Å²) in [5.74, 6) is -4.04. The van der Waals surface area contributed by atoms with Gasteiger partial charge in [-0.05, 0) is 144 Å². The van der Waals surface area contributed by atoms with Gasteiger partial charge in [0.25, 0.3) is 17.7 Å². The van der Waals surface area contributed by atoms with Gasteiger partial charge in [-0.2, -0.15) is 20.6 Å². The predicted octanol–water partition coefficient (Wildman–Crippen LogP) is 8.76. The lowest BCUT2D eigenvalue weighted by molar-refractivity contribution is 0.0507. The zero-order valence-electron chi connectivity index (χ0n) is 50.7. The number of carbonyl (C=O) groups is 6. The van der Waals surface area contributed by atoms with Crippen LogP contribution < -0.4 is 47.4 Å². The molecule has 0 fully saturated rings. The fourth-order valence-corrected chi connectivity index (χ4v) is 9.06. The SMILES string of the molecule is CCOC(=O)c1c(N)c(Br)nn1-c1ccc(CNC(=O)c2cc(F)ccc2OC)cc1.CCOC(=O)c1c(N)c(C#N)nn1-c1ccc(CNC(=O)c2cc(F)ccc2OC)cc1.CCOC(=O)c1c(N)cnn1-c1ccc(CNC(=O)c2cc(F)ccc2OC)cc1. The quantitative estimate of drug-likeness (QED) is 0.0289. The Morgan fingerprint density at radius 2 is 0.828 bits per heavy atom. The lowest BCUT2D eigenvalue weighted by atomic mass is 10.1. The number of nitrogens with two attached hydrogens (primary N) is 3. The number of nitriles is 1. The van der Waals surface area contributed by atoms with Crippen molar-refractivity contribution in [2.24, 2.45) is 0 Å². The third-order valence-electron chi connectivity index (χ3n) is 13.2. The van der Waals surface area contributed by atoms with Crippen molar-refractivity contribution in [1.82, 2.24) is 45.3 Å². The molecule has 0 atom stereocenters. The molecular weight excluding hydrogens is 1280 g/mol. The Labute approximate surface area is 538 Å². The number of anilines is 3. The first-order valence-corrected chi connectivity index (χ1v) is 28.8. The number of carbonyl (C=O) groups excluding carboxylic acids is 6. The number of rotatable bonds is 21. The maximum absolute atomic E-state index is 13.5. The summed E-state index contributed by atoms with van der Waals surface area (Å²) in [6.45, 7) is 6.20. The molecule has 93 heavy (non-hydrogen) atoms. The second-order valence-electron chi connectivity index (χ2n) is 19.2. The van der Waals surface area contributed by atoms with Gasteiger partial charge in [0.15, 0.2) is 27.4 Å². The van der Waals surface area contributed by atoms with E-state index in [1.54, 1.807) is 93.6 Å². The van der Waals surface area contributed by atoms with E-state index in [9.17, 15) is 47.2 Å². The average Bonchev–Trinajstić information content (AvgIpc) is 1.70. The number of amides is 3. The molecule has 3 amide bonds. The van der Waals surface area contributed by atoms with Crippen LogP contribution in [0.1, 0.15) is 106 Å². The number of benzene rings is 6. The van der Waals surface area contributed by atoms with Crippen molar-refractivity contribution in [3.63, 3.8) is 0 Å². The largest absolute Gasteiger partial charge is 0.496 e. The molecule has 29 heteroatoms. The van der Waals surface area contributed by atoms with Crippen molar-refractivity contribution in [3.8, 4) is 40.4 Å².